The summed E-state index contributed by atoms with van der Waals surface area (Å²) in [5.74, 6) is -0.0820. The third kappa shape index (κ3) is 3.35. The largest absolute Gasteiger partial charge is 0.327 e. The summed E-state index contributed by atoms with van der Waals surface area (Å²) in [5, 5.41) is 12.0. The molecule has 0 unspecified atom stereocenters. The number of nitrogens with zero attached hydrogens (tertiary/aromatic N) is 2. The average Bonchev–Trinajstić information content (AvgIpc) is 3.14. The second kappa shape index (κ2) is 7.92. The molecule has 2 aromatic carbocycles. The van der Waals surface area contributed by atoms with Gasteiger partial charge in [-0.05, 0) is 42.5 Å². The van der Waals surface area contributed by atoms with Gasteiger partial charge < -0.3 is 5.32 Å². The molecule has 2 amide bonds. The Morgan fingerprint density at radius 1 is 1.20 bits per heavy atom. The SMILES string of the molecule is CSc1cc(C#N)ccc1[C@@H]1NC(=O)N(c2cccc(C(F)F)c2)C2=C1C(=O)CC2. The predicted octanol–water partition coefficient (Wildman–Crippen LogP) is 5.11. The number of anilines is 1. The number of hydrogen-bond acceptors (Lipinski definition) is 4. The molecule has 0 fully saturated rings. The van der Waals surface area contributed by atoms with E-state index in [1.165, 1.54) is 34.9 Å². The van der Waals surface area contributed by atoms with E-state index in [9.17, 15) is 18.4 Å². The van der Waals surface area contributed by atoms with E-state index >= 15 is 0 Å². The molecule has 8 heteroatoms. The number of amides is 2. The smallest absolute Gasteiger partial charge is 0.326 e. The average molecular weight is 425 g/mol. The van der Waals surface area contributed by atoms with Crippen LogP contribution in [0.25, 0.3) is 0 Å². The molecule has 1 aliphatic carbocycles. The van der Waals surface area contributed by atoms with Crippen molar-refractivity contribution < 1.29 is 18.4 Å². The van der Waals surface area contributed by atoms with Gasteiger partial charge in [-0.15, -0.1) is 11.8 Å². The minimum Gasteiger partial charge on any atom is -0.326 e. The van der Waals surface area contributed by atoms with Crippen molar-refractivity contribution in [1.29, 1.82) is 5.26 Å². The van der Waals surface area contributed by atoms with Crippen LogP contribution >= 0.6 is 11.8 Å². The molecule has 2 aliphatic rings. The summed E-state index contributed by atoms with van der Waals surface area (Å²) in [4.78, 5) is 27.9. The van der Waals surface area contributed by atoms with Crippen LogP contribution in [0.3, 0.4) is 0 Å². The van der Waals surface area contributed by atoms with Gasteiger partial charge in [0.15, 0.2) is 5.78 Å². The second-order valence-electron chi connectivity index (χ2n) is 6.97. The fourth-order valence-corrected chi connectivity index (χ4v) is 4.60. The lowest BCUT2D eigenvalue weighted by molar-refractivity contribution is -0.115. The van der Waals surface area contributed by atoms with Crippen molar-refractivity contribution in [1.82, 2.24) is 5.32 Å². The van der Waals surface area contributed by atoms with E-state index in [1.54, 1.807) is 24.3 Å². The number of nitrogens with one attached hydrogen (secondary N) is 1. The summed E-state index contributed by atoms with van der Waals surface area (Å²) in [6.07, 6.45) is -0.182. The highest BCUT2D eigenvalue weighted by atomic mass is 32.2. The number of allylic oxidation sites excluding steroid dienone is 1. The minimum absolute atomic E-state index is 0.0820. The van der Waals surface area contributed by atoms with Crippen LogP contribution in [-0.4, -0.2) is 18.1 Å². The molecule has 30 heavy (non-hydrogen) atoms. The van der Waals surface area contributed by atoms with E-state index in [0.717, 1.165) is 10.5 Å². The number of thioether (sulfide) groups is 1. The van der Waals surface area contributed by atoms with Crippen molar-refractivity contribution in [3.8, 4) is 6.07 Å². The van der Waals surface area contributed by atoms with E-state index < -0.39 is 18.5 Å². The van der Waals surface area contributed by atoms with Gasteiger partial charge in [0, 0.05) is 28.1 Å². The number of ketones is 1. The molecular weight excluding hydrogens is 408 g/mol. The number of benzene rings is 2. The lowest BCUT2D eigenvalue weighted by Crippen LogP contribution is -2.47. The van der Waals surface area contributed by atoms with E-state index in [4.69, 9.17) is 5.26 Å². The molecule has 0 saturated heterocycles. The summed E-state index contributed by atoms with van der Waals surface area (Å²) in [5.41, 5.74) is 2.34. The molecule has 0 bridgehead atoms. The second-order valence-corrected chi connectivity index (χ2v) is 7.81. The van der Waals surface area contributed by atoms with Gasteiger partial charge in [-0.25, -0.2) is 13.6 Å². The summed E-state index contributed by atoms with van der Waals surface area (Å²) in [6.45, 7) is 0. The van der Waals surface area contributed by atoms with Gasteiger partial charge in [0.05, 0.1) is 23.4 Å². The molecule has 1 N–H and O–H groups in total. The fraction of sp³-hybridized carbons (Fsp3) is 0.227. The Balaban J connectivity index is 1.83. The molecule has 1 heterocycles. The fourth-order valence-electron chi connectivity index (χ4n) is 3.93. The maximum absolute atomic E-state index is 13.2. The Labute approximate surface area is 176 Å². The molecule has 0 spiro atoms. The zero-order valence-corrected chi connectivity index (χ0v) is 16.8. The zero-order chi connectivity index (χ0) is 21.4. The van der Waals surface area contributed by atoms with Crippen molar-refractivity contribution in [2.45, 2.75) is 30.2 Å². The van der Waals surface area contributed by atoms with Crippen LogP contribution in [0, 0.1) is 11.3 Å². The van der Waals surface area contributed by atoms with Crippen LogP contribution in [0.1, 0.15) is 42.0 Å². The summed E-state index contributed by atoms with van der Waals surface area (Å²) < 4.78 is 26.3. The summed E-state index contributed by atoms with van der Waals surface area (Å²) >= 11 is 1.42. The first-order valence-electron chi connectivity index (χ1n) is 9.27. The van der Waals surface area contributed by atoms with E-state index in [-0.39, 0.29) is 17.8 Å². The minimum atomic E-state index is -2.66. The maximum atomic E-state index is 13.2. The number of rotatable bonds is 4. The number of nitriles is 1. The Kier molecular flexibility index (Phi) is 5.31. The Morgan fingerprint density at radius 3 is 2.70 bits per heavy atom. The van der Waals surface area contributed by atoms with Crippen LogP contribution in [0.5, 0.6) is 0 Å². The molecule has 1 atom stereocenters. The van der Waals surface area contributed by atoms with E-state index in [2.05, 4.69) is 11.4 Å². The lowest BCUT2D eigenvalue weighted by atomic mass is 9.94. The van der Waals surface area contributed by atoms with Gasteiger partial charge in [0.1, 0.15) is 0 Å². The van der Waals surface area contributed by atoms with Crippen molar-refractivity contribution in [2.24, 2.45) is 0 Å². The third-order valence-electron chi connectivity index (χ3n) is 5.28. The Bertz CT molecular complexity index is 1120. The van der Waals surface area contributed by atoms with E-state index in [0.29, 0.717) is 28.9 Å². The van der Waals surface area contributed by atoms with Crippen molar-refractivity contribution in [3.63, 3.8) is 0 Å². The van der Waals surface area contributed by atoms with Gasteiger partial charge in [0.25, 0.3) is 6.43 Å². The van der Waals surface area contributed by atoms with Crippen molar-refractivity contribution in [2.75, 3.05) is 11.2 Å². The Morgan fingerprint density at radius 2 is 2.00 bits per heavy atom. The molecule has 0 radical (unpaired) electrons. The van der Waals surface area contributed by atoms with Crippen LogP contribution in [-0.2, 0) is 4.79 Å². The number of hydrogen-bond donors (Lipinski definition) is 1. The van der Waals surface area contributed by atoms with E-state index in [1.807, 2.05) is 6.26 Å². The molecule has 152 valence electrons. The first kappa shape index (κ1) is 20.1. The highest BCUT2D eigenvalue weighted by molar-refractivity contribution is 7.98. The van der Waals surface area contributed by atoms with Crippen molar-refractivity contribution >= 4 is 29.3 Å². The first-order chi connectivity index (χ1) is 14.4. The summed E-state index contributed by atoms with van der Waals surface area (Å²) in [6, 6.07) is 11.7. The predicted molar refractivity (Wildman–Crippen MR) is 109 cm³/mol. The molecule has 2 aromatic rings. The maximum Gasteiger partial charge on any atom is 0.327 e. The zero-order valence-electron chi connectivity index (χ0n) is 16.0. The number of carbonyl (C=O) groups is 2. The quantitative estimate of drug-likeness (QED) is 0.692. The third-order valence-corrected chi connectivity index (χ3v) is 6.08. The van der Waals surface area contributed by atoms with Crippen molar-refractivity contribution in [3.05, 3.63) is 70.4 Å². The van der Waals surface area contributed by atoms with Gasteiger partial charge >= 0.3 is 6.03 Å². The van der Waals surface area contributed by atoms with Gasteiger partial charge in [0.2, 0.25) is 0 Å². The topological polar surface area (TPSA) is 73.2 Å². The Hall–Kier alpha value is -3.18. The highest BCUT2D eigenvalue weighted by Crippen LogP contribution is 2.43. The normalized spacial score (nSPS) is 18.5. The number of halogens is 2. The monoisotopic (exact) mass is 425 g/mol. The van der Waals surface area contributed by atoms with Crippen LogP contribution in [0.2, 0.25) is 0 Å². The molecule has 5 nitrogen and oxygen atoms in total. The number of Topliss-reactive ketones (excluding diaryl/α,β-unsaturated/α-hetero) is 1. The number of carbonyl (C=O) groups excluding carboxylic acids is 2. The molecule has 0 aromatic heterocycles. The van der Waals surface area contributed by atoms with Crippen LogP contribution in [0.15, 0.2) is 58.6 Å². The lowest BCUT2D eigenvalue weighted by Gasteiger charge is -2.35. The number of alkyl halides is 2. The van der Waals surface area contributed by atoms with Gasteiger partial charge in [-0.2, -0.15) is 5.26 Å². The van der Waals surface area contributed by atoms with Crippen LogP contribution < -0.4 is 10.2 Å². The first-order valence-corrected chi connectivity index (χ1v) is 10.5. The molecule has 1 aliphatic heterocycles. The van der Waals surface area contributed by atoms with Gasteiger partial charge in [-0.1, -0.05) is 18.2 Å². The molecular formula is C22H17F2N3O2S. The standard InChI is InChI=1S/C22H17F2N3O2S/c1-30-18-9-12(11-25)5-6-15(18)20-19-16(7-8-17(19)28)27(22(29)26-20)14-4-2-3-13(10-14)21(23)24/h2-6,9-10,20-21H,7-8H2,1H3,(H,26,29)/t20-/m0/s1. The molecule has 4 rings (SSSR count). The van der Waals surface area contributed by atoms with Gasteiger partial charge in [-0.3, -0.25) is 9.69 Å². The van der Waals surface area contributed by atoms with Crippen LogP contribution in [0.4, 0.5) is 19.3 Å². The summed E-state index contributed by atoms with van der Waals surface area (Å²) in [7, 11) is 0. The number of urea groups is 1. The molecule has 0 saturated carbocycles. The highest BCUT2D eigenvalue weighted by Gasteiger charge is 2.41.